The van der Waals surface area contributed by atoms with E-state index < -0.39 is 29.4 Å². The Morgan fingerprint density at radius 3 is 2.38 bits per heavy atom. The third-order valence-electron chi connectivity index (χ3n) is 1.81. The second-order valence-corrected chi connectivity index (χ2v) is 5.22. The summed E-state index contributed by atoms with van der Waals surface area (Å²) in [6.07, 6.45) is -0.968. The molecule has 0 spiro atoms. The smallest absolute Gasteiger partial charge is 0.338 e. The lowest BCUT2D eigenvalue weighted by molar-refractivity contribution is -0.163. The standard InChI is InChI=1S/C11H18O5/c1-10(2,3)15-8(12)6-7-9(13)16-11(4,5)14-7/h7H,6H2,1-5H3/t7-/m0/s1. The topological polar surface area (TPSA) is 61.8 Å². The van der Waals surface area contributed by atoms with E-state index in [0.717, 1.165) is 0 Å². The lowest BCUT2D eigenvalue weighted by atomic mass is 10.2. The van der Waals surface area contributed by atoms with Crippen molar-refractivity contribution in [3.05, 3.63) is 0 Å². The summed E-state index contributed by atoms with van der Waals surface area (Å²) in [5.74, 6) is -1.94. The van der Waals surface area contributed by atoms with Crippen molar-refractivity contribution >= 4 is 11.9 Å². The molecule has 92 valence electrons. The molecule has 0 aromatic rings. The first-order chi connectivity index (χ1) is 7.09. The van der Waals surface area contributed by atoms with Gasteiger partial charge in [0, 0.05) is 13.8 Å². The van der Waals surface area contributed by atoms with Gasteiger partial charge < -0.3 is 14.2 Å². The zero-order valence-electron chi connectivity index (χ0n) is 10.3. The Hall–Kier alpha value is -1.10. The predicted molar refractivity (Wildman–Crippen MR) is 55.5 cm³/mol. The first-order valence-corrected chi connectivity index (χ1v) is 5.22. The van der Waals surface area contributed by atoms with Crippen LogP contribution in [0.4, 0.5) is 0 Å². The van der Waals surface area contributed by atoms with Crippen LogP contribution in [-0.2, 0) is 23.8 Å². The molecular formula is C11H18O5. The number of hydrogen-bond donors (Lipinski definition) is 0. The SMILES string of the molecule is CC(C)(C)OC(=O)C[C@@H]1OC(C)(C)OC1=O. The summed E-state index contributed by atoms with van der Waals surface area (Å²) < 4.78 is 15.3. The van der Waals surface area contributed by atoms with Crippen molar-refractivity contribution in [2.75, 3.05) is 0 Å². The molecule has 1 aliphatic rings. The Balaban J connectivity index is 2.50. The number of esters is 2. The Morgan fingerprint density at radius 2 is 2.00 bits per heavy atom. The highest BCUT2D eigenvalue weighted by atomic mass is 16.8. The quantitative estimate of drug-likeness (QED) is 0.671. The van der Waals surface area contributed by atoms with Gasteiger partial charge in [0.15, 0.2) is 6.10 Å². The summed E-state index contributed by atoms with van der Waals surface area (Å²) >= 11 is 0. The first kappa shape index (κ1) is 13.0. The van der Waals surface area contributed by atoms with Crippen LogP contribution in [0.2, 0.25) is 0 Å². The molecule has 0 aliphatic carbocycles. The van der Waals surface area contributed by atoms with E-state index in [4.69, 9.17) is 14.2 Å². The summed E-state index contributed by atoms with van der Waals surface area (Å²) in [6, 6.07) is 0. The highest BCUT2D eigenvalue weighted by Crippen LogP contribution is 2.26. The fourth-order valence-electron chi connectivity index (χ4n) is 1.38. The van der Waals surface area contributed by atoms with Crippen LogP contribution >= 0.6 is 0 Å². The number of ether oxygens (including phenoxy) is 3. The summed E-state index contributed by atoms with van der Waals surface area (Å²) in [5, 5.41) is 0. The van der Waals surface area contributed by atoms with Gasteiger partial charge in [0.05, 0.1) is 6.42 Å². The molecule has 1 rings (SSSR count). The van der Waals surface area contributed by atoms with Crippen LogP contribution < -0.4 is 0 Å². The van der Waals surface area contributed by atoms with Crippen LogP contribution in [0.3, 0.4) is 0 Å². The highest BCUT2D eigenvalue weighted by molar-refractivity contribution is 5.83. The molecule has 0 aromatic heterocycles. The molecule has 0 amide bonds. The second kappa shape index (κ2) is 4.05. The van der Waals surface area contributed by atoms with Gasteiger partial charge in [-0.25, -0.2) is 4.79 Å². The Bertz CT molecular complexity index is 300. The highest BCUT2D eigenvalue weighted by Gasteiger charge is 2.42. The van der Waals surface area contributed by atoms with Crippen molar-refractivity contribution in [2.45, 2.75) is 58.5 Å². The second-order valence-electron chi connectivity index (χ2n) is 5.22. The van der Waals surface area contributed by atoms with Gasteiger partial charge >= 0.3 is 11.9 Å². The summed E-state index contributed by atoms with van der Waals surface area (Å²) in [6.45, 7) is 8.55. The van der Waals surface area contributed by atoms with Crippen molar-refractivity contribution < 1.29 is 23.8 Å². The van der Waals surface area contributed by atoms with E-state index in [1.54, 1.807) is 34.6 Å². The van der Waals surface area contributed by atoms with E-state index in [-0.39, 0.29) is 6.42 Å². The number of cyclic esters (lactones) is 1. The Kier molecular flexibility index (Phi) is 3.28. The van der Waals surface area contributed by atoms with Gasteiger partial charge in [0.2, 0.25) is 5.79 Å². The third-order valence-corrected chi connectivity index (χ3v) is 1.81. The lowest BCUT2D eigenvalue weighted by Gasteiger charge is -2.20. The maximum absolute atomic E-state index is 11.5. The molecule has 16 heavy (non-hydrogen) atoms. The predicted octanol–water partition coefficient (Wildman–Crippen LogP) is 1.40. The normalized spacial score (nSPS) is 24.1. The van der Waals surface area contributed by atoms with Gasteiger partial charge in [-0.15, -0.1) is 0 Å². The summed E-state index contributed by atoms with van der Waals surface area (Å²) in [7, 11) is 0. The molecule has 0 saturated carbocycles. The fourth-order valence-corrected chi connectivity index (χ4v) is 1.38. The van der Waals surface area contributed by atoms with Gasteiger partial charge in [-0.2, -0.15) is 0 Å². The average molecular weight is 230 g/mol. The molecule has 1 saturated heterocycles. The molecule has 1 atom stereocenters. The maximum Gasteiger partial charge on any atom is 0.338 e. The van der Waals surface area contributed by atoms with Crippen LogP contribution in [0.5, 0.6) is 0 Å². The zero-order valence-corrected chi connectivity index (χ0v) is 10.3. The molecular weight excluding hydrogens is 212 g/mol. The third kappa shape index (κ3) is 3.81. The summed E-state index contributed by atoms with van der Waals surface area (Å²) in [4.78, 5) is 22.8. The van der Waals surface area contributed by atoms with Gasteiger partial charge in [0.1, 0.15) is 5.60 Å². The minimum absolute atomic E-state index is 0.112. The van der Waals surface area contributed by atoms with Crippen LogP contribution in [0.1, 0.15) is 41.0 Å². The van der Waals surface area contributed by atoms with Gasteiger partial charge in [0.25, 0.3) is 0 Å². The number of rotatable bonds is 2. The largest absolute Gasteiger partial charge is 0.460 e. The van der Waals surface area contributed by atoms with Crippen molar-refractivity contribution in [1.82, 2.24) is 0 Å². The lowest BCUT2D eigenvalue weighted by Crippen LogP contribution is -2.29. The van der Waals surface area contributed by atoms with Gasteiger partial charge in [-0.1, -0.05) is 0 Å². The number of hydrogen-bond acceptors (Lipinski definition) is 5. The van der Waals surface area contributed by atoms with E-state index in [9.17, 15) is 9.59 Å². The van der Waals surface area contributed by atoms with Crippen LogP contribution in [-0.4, -0.2) is 29.4 Å². The molecule has 0 bridgehead atoms. The van der Waals surface area contributed by atoms with Gasteiger partial charge in [-0.05, 0) is 20.8 Å². The van der Waals surface area contributed by atoms with Crippen molar-refractivity contribution in [3.63, 3.8) is 0 Å². The first-order valence-electron chi connectivity index (χ1n) is 5.22. The molecule has 0 unspecified atom stereocenters. The fraction of sp³-hybridized carbons (Fsp3) is 0.818. The van der Waals surface area contributed by atoms with Crippen LogP contribution in [0.15, 0.2) is 0 Å². The number of carbonyl (C=O) groups excluding carboxylic acids is 2. The van der Waals surface area contributed by atoms with Crippen molar-refractivity contribution in [3.8, 4) is 0 Å². The number of carbonyl (C=O) groups is 2. The van der Waals surface area contributed by atoms with E-state index >= 15 is 0 Å². The van der Waals surface area contributed by atoms with Crippen LogP contribution in [0.25, 0.3) is 0 Å². The molecule has 0 N–H and O–H groups in total. The monoisotopic (exact) mass is 230 g/mol. The van der Waals surface area contributed by atoms with Crippen molar-refractivity contribution in [1.29, 1.82) is 0 Å². The zero-order chi connectivity index (χ0) is 12.6. The van der Waals surface area contributed by atoms with E-state index in [1.807, 2.05) is 0 Å². The minimum atomic E-state index is -0.955. The Labute approximate surface area is 95.0 Å². The van der Waals surface area contributed by atoms with Gasteiger partial charge in [-0.3, -0.25) is 4.79 Å². The minimum Gasteiger partial charge on any atom is -0.460 e. The average Bonchev–Trinajstić information content (AvgIpc) is 2.19. The maximum atomic E-state index is 11.5. The van der Waals surface area contributed by atoms with Crippen LogP contribution in [0, 0.1) is 0 Å². The Morgan fingerprint density at radius 1 is 1.44 bits per heavy atom. The molecule has 1 fully saturated rings. The van der Waals surface area contributed by atoms with E-state index in [1.165, 1.54) is 0 Å². The molecule has 5 nitrogen and oxygen atoms in total. The molecule has 5 heteroatoms. The van der Waals surface area contributed by atoms with E-state index in [2.05, 4.69) is 0 Å². The van der Waals surface area contributed by atoms with E-state index in [0.29, 0.717) is 0 Å². The molecule has 0 radical (unpaired) electrons. The van der Waals surface area contributed by atoms with Crippen molar-refractivity contribution in [2.24, 2.45) is 0 Å². The summed E-state index contributed by atoms with van der Waals surface area (Å²) in [5.41, 5.74) is -0.560. The molecule has 0 aromatic carbocycles. The molecule has 1 heterocycles. The molecule has 1 aliphatic heterocycles.